The number of aromatic amines is 1. The molecule has 6 nitrogen and oxygen atoms in total. The molecule has 8 heteroatoms. The lowest BCUT2D eigenvalue weighted by Gasteiger charge is -2.09. The maximum atomic E-state index is 11.9. The summed E-state index contributed by atoms with van der Waals surface area (Å²) in [7, 11) is 0. The lowest BCUT2D eigenvalue weighted by molar-refractivity contribution is 0.0950. The summed E-state index contributed by atoms with van der Waals surface area (Å²) in [4.78, 5) is 19.8. The number of H-pyrrole nitrogens is 1. The fourth-order valence-corrected chi connectivity index (χ4v) is 3.09. The number of nitrogens with zero attached hydrogens (tertiary/aromatic N) is 1. The second-order valence-electron chi connectivity index (χ2n) is 6.17. The first-order chi connectivity index (χ1) is 13.5. The topological polar surface area (TPSA) is 83.0 Å². The van der Waals surface area contributed by atoms with Gasteiger partial charge in [-0.15, -0.1) is 0 Å². The first-order valence-electron chi connectivity index (χ1n) is 8.42. The van der Waals surface area contributed by atoms with E-state index in [1.165, 1.54) is 6.26 Å². The van der Waals surface area contributed by atoms with Crippen LogP contribution in [0.25, 0.3) is 22.4 Å². The number of halogens is 1. The molecule has 3 N–H and O–H groups in total. The molecule has 140 valence electrons. The molecule has 28 heavy (non-hydrogen) atoms. The number of rotatable bonds is 3. The Morgan fingerprint density at radius 3 is 2.71 bits per heavy atom. The predicted molar refractivity (Wildman–Crippen MR) is 114 cm³/mol. The Hall–Kier alpha value is -3.16. The number of carbonyl (C=O) groups excluding carboxylic acids is 1. The molecule has 0 aliphatic heterocycles. The Labute approximate surface area is 170 Å². The molecule has 2 aromatic carbocycles. The zero-order valence-corrected chi connectivity index (χ0v) is 16.3. The quantitative estimate of drug-likeness (QED) is 0.418. The van der Waals surface area contributed by atoms with Crippen LogP contribution >= 0.6 is 23.8 Å². The molecule has 0 radical (unpaired) electrons. The van der Waals surface area contributed by atoms with Crippen molar-refractivity contribution in [2.75, 3.05) is 5.32 Å². The van der Waals surface area contributed by atoms with Gasteiger partial charge in [-0.1, -0.05) is 11.6 Å². The third-order valence-corrected chi connectivity index (χ3v) is 4.76. The fourth-order valence-electron chi connectivity index (χ4n) is 2.72. The largest absolute Gasteiger partial charge is 0.459 e. The van der Waals surface area contributed by atoms with E-state index in [-0.39, 0.29) is 10.9 Å². The normalized spacial score (nSPS) is 10.8. The van der Waals surface area contributed by atoms with E-state index in [2.05, 4.69) is 20.6 Å². The third kappa shape index (κ3) is 3.76. The van der Waals surface area contributed by atoms with Crippen LogP contribution in [0.2, 0.25) is 5.02 Å². The van der Waals surface area contributed by atoms with E-state index in [0.29, 0.717) is 5.02 Å². The smallest absolute Gasteiger partial charge is 0.293 e. The van der Waals surface area contributed by atoms with Crippen LogP contribution in [-0.4, -0.2) is 21.0 Å². The number of fused-ring (bicyclic) bond motifs is 1. The number of nitrogens with one attached hydrogen (secondary N) is 3. The van der Waals surface area contributed by atoms with E-state index in [1.807, 2.05) is 43.3 Å². The van der Waals surface area contributed by atoms with E-state index >= 15 is 0 Å². The van der Waals surface area contributed by atoms with Crippen molar-refractivity contribution in [3.8, 4) is 11.4 Å². The summed E-state index contributed by atoms with van der Waals surface area (Å²) in [5, 5.41) is 6.40. The maximum Gasteiger partial charge on any atom is 0.293 e. The van der Waals surface area contributed by atoms with Crippen molar-refractivity contribution in [2.45, 2.75) is 6.92 Å². The number of aryl methyl sites for hydroxylation is 1. The molecule has 0 bridgehead atoms. The zero-order valence-electron chi connectivity index (χ0n) is 14.7. The molecule has 0 aliphatic carbocycles. The molecular formula is C20H15ClN4O2S. The van der Waals surface area contributed by atoms with Gasteiger partial charge >= 0.3 is 0 Å². The van der Waals surface area contributed by atoms with Gasteiger partial charge in [0.1, 0.15) is 5.82 Å². The molecule has 1 amide bonds. The standard InChI is InChI=1S/C20H15ClN4O2S/c1-11-9-15-16(10-14(11)21)24-18(23-15)12-4-6-13(7-5-12)22-20(28)25-19(26)17-3-2-8-27-17/h2-10H,1H3,(H,23,24)(H2,22,25,26,28). The highest BCUT2D eigenvalue weighted by Gasteiger charge is 2.11. The van der Waals surface area contributed by atoms with Gasteiger partial charge in [-0.25, -0.2) is 4.98 Å². The van der Waals surface area contributed by atoms with Crippen molar-refractivity contribution >= 4 is 51.6 Å². The summed E-state index contributed by atoms with van der Waals surface area (Å²) in [6.07, 6.45) is 1.43. The Kier molecular flexibility index (Phi) is 4.85. The molecule has 0 fully saturated rings. The second kappa shape index (κ2) is 7.46. The van der Waals surface area contributed by atoms with Gasteiger partial charge < -0.3 is 14.7 Å². The van der Waals surface area contributed by atoms with Crippen molar-refractivity contribution in [1.29, 1.82) is 0 Å². The molecule has 4 aromatic rings. The Bertz CT molecular complexity index is 1130. The minimum Gasteiger partial charge on any atom is -0.459 e. The van der Waals surface area contributed by atoms with Crippen LogP contribution in [0, 0.1) is 6.92 Å². The molecule has 0 atom stereocenters. The fraction of sp³-hybridized carbons (Fsp3) is 0.0500. The van der Waals surface area contributed by atoms with Gasteiger partial charge in [-0.3, -0.25) is 10.1 Å². The third-order valence-electron chi connectivity index (χ3n) is 4.15. The summed E-state index contributed by atoms with van der Waals surface area (Å²) >= 11 is 11.3. The van der Waals surface area contributed by atoms with Crippen molar-refractivity contribution in [2.24, 2.45) is 0 Å². The Balaban J connectivity index is 1.46. The monoisotopic (exact) mass is 410 g/mol. The summed E-state index contributed by atoms with van der Waals surface area (Å²) in [6, 6.07) is 14.5. The Morgan fingerprint density at radius 2 is 2.00 bits per heavy atom. The minimum atomic E-state index is -0.407. The van der Waals surface area contributed by atoms with Crippen molar-refractivity contribution < 1.29 is 9.21 Å². The van der Waals surface area contributed by atoms with Crippen LogP contribution in [0.3, 0.4) is 0 Å². The van der Waals surface area contributed by atoms with E-state index in [0.717, 1.165) is 33.7 Å². The van der Waals surface area contributed by atoms with Gasteiger partial charge in [0.15, 0.2) is 10.9 Å². The molecule has 0 unspecified atom stereocenters. The highest BCUT2D eigenvalue weighted by molar-refractivity contribution is 7.80. The lowest BCUT2D eigenvalue weighted by Crippen LogP contribution is -2.33. The summed E-state index contributed by atoms with van der Waals surface area (Å²) in [6.45, 7) is 1.95. The summed E-state index contributed by atoms with van der Waals surface area (Å²) < 4.78 is 5.03. The van der Waals surface area contributed by atoms with E-state index in [9.17, 15) is 4.79 Å². The molecule has 0 saturated carbocycles. The highest BCUT2D eigenvalue weighted by atomic mass is 35.5. The van der Waals surface area contributed by atoms with Crippen molar-refractivity contribution in [3.63, 3.8) is 0 Å². The first-order valence-corrected chi connectivity index (χ1v) is 9.20. The maximum absolute atomic E-state index is 11.9. The minimum absolute atomic E-state index is 0.183. The van der Waals surface area contributed by atoms with Gasteiger partial charge in [-0.2, -0.15) is 0 Å². The van der Waals surface area contributed by atoms with Gasteiger partial charge in [0.2, 0.25) is 0 Å². The molecule has 0 spiro atoms. The van der Waals surface area contributed by atoms with Crippen molar-refractivity contribution in [1.82, 2.24) is 15.3 Å². The number of carbonyl (C=O) groups is 1. The Morgan fingerprint density at radius 1 is 1.21 bits per heavy atom. The average Bonchev–Trinajstić information content (AvgIpc) is 3.32. The van der Waals surface area contributed by atoms with Crippen LogP contribution < -0.4 is 10.6 Å². The number of benzene rings is 2. The highest BCUT2D eigenvalue weighted by Crippen LogP contribution is 2.26. The van der Waals surface area contributed by atoms with Crippen molar-refractivity contribution in [3.05, 3.63) is 71.1 Å². The van der Waals surface area contributed by atoms with Gasteiger partial charge in [0.05, 0.1) is 17.3 Å². The molecule has 4 rings (SSSR count). The van der Waals surface area contributed by atoms with Crippen LogP contribution in [0.1, 0.15) is 16.1 Å². The van der Waals surface area contributed by atoms with E-state index in [4.69, 9.17) is 28.2 Å². The number of aromatic nitrogens is 2. The van der Waals surface area contributed by atoms with Crippen LogP contribution in [0.15, 0.2) is 59.2 Å². The zero-order chi connectivity index (χ0) is 19.7. The number of imidazole rings is 1. The average molecular weight is 411 g/mol. The lowest BCUT2D eigenvalue weighted by atomic mass is 10.2. The van der Waals surface area contributed by atoms with Crippen LogP contribution in [0.4, 0.5) is 5.69 Å². The van der Waals surface area contributed by atoms with E-state index in [1.54, 1.807) is 12.1 Å². The van der Waals surface area contributed by atoms with Crippen LogP contribution in [-0.2, 0) is 0 Å². The second-order valence-corrected chi connectivity index (χ2v) is 6.98. The molecule has 2 heterocycles. The van der Waals surface area contributed by atoms with Crippen LogP contribution in [0.5, 0.6) is 0 Å². The number of anilines is 1. The first kappa shape index (κ1) is 18.2. The molecular weight excluding hydrogens is 396 g/mol. The predicted octanol–water partition coefficient (Wildman–Crippen LogP) is 4.91. The van der Waals surface area contributed by atoms with Gasteiger partial charge in [0.25, 0.3) is 5.91 Å². The number of hydrogen-bond donors (Lipinski definition) is 3. The molecule has 0 saturated heterocycles. The number of hydrogen-bond acceptors (Lipinski definition) is 4. The number of amides is 1. The van der Waals surface area contributed by atoms with Gasteiger partial charge in [-0.05, 0) is 73.2 Å². The van der Waals surface area contributed by atoms with E-state index < -0.39 is 5.91 Å². The number of furan rings is 1. The molecule has 2 aromatic heterocycles. The number of thiocarbonyl (C=S) groups is 1. The SMILES string of the molecule is Cc1cc2[nH]c(-c3ccc(NC(=S)NC(=O)c4ccco4)cc3)nc2cc1Cl. The summed E-state index contributed by atoms with van der Waals surface area (Å²) in [5.74, 6) is 0.534. The molecule has 0 aliphatic rings. The van der Waals surface area contributed by atoms with Gasteiger partial charge in [0, 0.05) is 16.3 Å². The summed E-state index contributed by atoms with van der Waals surface area (Å²) in [5.41, 5.74) is 4.40.